The number of nitrogens with two attached hydrogens (primary N) is 1. The van der Waals surface area contributed by atoms with Crippen LogP contribution in [-0.4, -0.2) is 36.2 Å². The minimum atomic E-state index is -5.03. The van der Waals surface area contributed by atoms with E-state index in [1.165, 1.54) is 0 Å². The number of carbonyl (C=O) groups is 2. The lowest BCUT2D eigenvalue weighted by Crippen LogP contribution is -2.44. The molecule has 8 heteroatoms. The Bertz CT molecular complexity index is 293. The topological polar surface area (TPSA) is 72.6 Å². The van der Waals surface area contributed by atoms with Crippen molar-refractivity contribution >= 4 is 11.9 Å². The molecule has 1 atom stereocenters. The third-order valence-electron chi connectivity index (χ3n) is 2.23. The second-order valence-corrected chi connectivity index (χ2v) is 3.51. The SMILES string of the molecule is NC(=O)C1CCCN(OC(=O)C(F)(F)F)C1. The fourth-order valence-corrected chi connectivity index (χ4v) is 1.43. The Labute approximate surface area is 89.3 Å². The third kappa shape index (κ3) is 3.37. The maximum atomic E-state index is 11.9. The molecule has 1 aliphatic rings. The van der Waals surface area contributed by atoms with Crippen molar-refractivity contribution in [3.05, 3.63) is 0 Å². The summed E-state index contributed by atoms with van der Waals surface area (Å²) in [6.45, 7) is 0.0861. The number of hydroxylamine groups is 2. The third-order valence-corrected chi connectivity index (χ3v) is 2.23. The second-order valence-electron chi connectivity index (χ2n) is 3.51. The number of halogens is 3. The van der Waals surface area contributed by atoms with E-state index < -0.39 is 24.0 Å². The average Bonchev–Trinajstić information content (AvgIpc) is 2.16. The summed E-state index contributed by atoms with van der Waals surface area (Å²) in [4.78, 5) is 25.4. The lowest BCUT2D eigenvalue weighted by molar-refractivity contribution is -0.243. The van der Waals surface area contributed by atoms with Crippen LogP contribution in [0.5, 0.6) is 0 Å². The zero-order valence-corrected chi connectivity index (χ0v) is 8.29. The molecule has 0 saturated carbocycles. The first kappa shape index (κ1) is 12.8. The van der Waals surface area contributed by atoms with Crippen LogP contribution in [0.3, 0.4) is 0 Å². The van der Waals surface area contributed by atoms with Gasteiger partial charge in [-0.2, -0.15) is 13.2 Å². The van der Waals surface area contributed by atoms with Crippen molar-refractivity contribution in [2.24, 2.45) is 11.7 Å². The number of primary amides is 1. The van der Waals surface area contributed by atoms with Crippen LogP contribution < -0.4 is 5.73 Å². The number of hydrogen-bond acceptors (Lipinski definition) is 4. The van der Waals surface area contributed by atoms with Crippen molar-refractivity contribution in [1.29, 1.82) is 0 Å². The van der Waals surface area contributed by atoms with Gasteiger partial charge in [0.2, 0.25) is 5.91 Å². The molecule has 1 rings (SSSR count). The average molecular weight is 240 g/mol. The minimum absolute atomic E-state index is 0.0862. The van der Waals surface area contributed by atoms with E-state index in [2.05, 4.69) is 4.84 Å². The highest BCUT2D eigenvalue weighted by Gasteiger charge is 2.43. The molecular weight excluding hydrogens is 229 g/mol. The molecule has 16 heavy (non-hydrogen) atoms. The fourth-order valence-electron chi connectivity index (χ4n) is 1.43. The molecule has 0 aromatic rings. The first-order valence-corrected chi connectivity index (χ1v) is 4.64. The monoisotopic (exact) mass is 240 g/mol. The molecule has 2 N–H and O–H groups in total. The predicted molar refractivity (Wildman–Crippen MR) is 45.6 cm³/mol. The molecule has 0 spiro atoms. The van der Waals surface area contributed by atoms with Gasteiger partial charge in [-0.05, 0) is 12.8 Å². The van der Waals surface area contributed by atoms with Crippen LogP contribution in [0, 0.1) is 5.92 Å². The Morgan fingerprint density at radius 2 is 2.00 bits per heavy atom. The van der Waals surface area contributed by atoms with Gasteiger partial charge in [0.25, 0.3) is 0 Å². The molecule has 0 aromatic carbocycles. The Morgan fingerprint density at radius 3 is 2.50 bits per heavy atom. The maximum absolute atomic E-state index is 11.9. The standard InChI is InChI=1S/C8H11F3N2O3/c9-8(10,11)7(15)16-13-3-1-2-5(4-13)6(12)14/h5H,1-4H2,(H2,12,14). The molecule has 0 aliphatic carbocycles. The molecule has 1 unspecified atom stereocenters. The number of hydrogen-bond donors (Lipinski definition) is 1. The molecule has 1 saturated heterocycles. The van der Waals surface area contributed by atoms with Crippen molar-refractivity contribution < 1.29 is 27.6 Å². The molecule has 5 nitrogen and oxygen atoms in total. The molecule has 0 bridgehead atoms. The number of rotatable bonds is 2. The van der Waals surface area contributed by atoms with Gasteiger partial charge in [0.1, 0.15) is 0 Å². The maximum Gasteiger partial charge on any atom is 0.492 e. The normalized spacial score (nSPS) is 22.8. The summed E-state index contributed by atoms with van der Waals surface area (Å²) < 4.78 is 35.6. The molecule has 1 aliphatic heterocycles. The van der Waals surface area contributed by atoms with E-state index in [4.69, 9.17) is 5.73 Å². The van der Waals surface area contributed by atoms with E-state index in [1.54, 1.807) is 0 Å². The van der Waals surface area contributed by atoms with Crippen LogP contribution in [0.1, 0.15) is 12.8 Å². The predicted octanol–water partition coefficient (Wildman–Crippen LogP) is 0.204. The van der Waals surface area contributed by atoms with E-state index in [9.17, 15) is 22.8 Å². The lowest BCUT2D eigenvalue weighted by Gasteiger charge is -2.29. The van der Waals surface area contributed by atoms with Crippen LogP contribution in [0.25, 0.3) is 0 Å². The first-order valence-electron chi connectivity index (χ1n) is 4.64. The van der Waals surface area contributed by atoms with E-state index in [0.717, 1.165) is 5.06 Å². The highest BCUT2D eigenvalue weighted by atomic mass is 19.4. The van der Waals surface area contributed by atoms with Gasteiger partial charge in [-0.1, -0.05) is 0 Å². The number of nitrogens with zero attached hydrogens (tertiary/aromatic N) is 1. The minimum Gasteiger partial charge on any atom is -0.369 e. The Morgan fingerprint density at radius 1 is 1.38 bits per heavy atom. The molecule has 1 heterocycles. The summed E-state index contributed by atoms with van der Waals surface area (Å²) in [6.07, 6.45) is -4.08. The number of amides is 1. The molecule has 0 aromatic heterocycles. The Hall–Kier alpha value is -1.31. The van der Waals surface area contributed by atoms with Gasteiger partial charge >= 0.3 is 12.1 Å². The highest BCUT2D eigenvalue weighted by molar-refractivity contribution is 5.77. The second kappa shape index (κ2) is 4.69. The van der Waals surface area contributed by atoms with Gasteiger partial charge < -0.3 is 10.6 Å². The van der Waals surface area contributed by atoms with Crippen LogP contribution in [0.4, 0.5) is 13.2 Å². The first-order chi connectivity index (χ1) is 7.30. The summed E-state index contributed by atoms with van der Waals surface area (Å²) in [5.41, 5.74) is 5.02. The summed E-state index contributed by atoms with van der Waals surface area (Å²) in [5.74, 6) is -3.46. The van der Waals surface area contributed by atoms with E-state index in [0.29, 0.717) is 12.8 Å². The summed E-state index contributed by atoms with van der Waals surface area (Å²) >= 11 is 0. The van der Waals surface area contributed by atoms with E-state index >= 15 is 0 Å². The Kier molecular flexibility index (Phi) is 3.74. The molecule has 1 amide bonds. The van der Waals surface area contributed by atoms with Gasteiger partial charge in [-0.25, -0.2) is 4.79 Å². The highest BCUT2D eigenvalue weighted by Crippen LogP contribution is 2.21. The molecular formula is C8H11F3N2O3. The summed E-state index contributed by atoms with van der Waals surface area (Å²) in [7, 11) is 0. The van der Waals surface area contributed by atoms with Crippen LogP contribution >= 0.6 is 0 Å². The Balaban J connectivity index is 2.49. The smallest absolute Gasteiger partial charge is 0.369 e. The van der Waals surface area contributed by atoms with Gasteiger partial charge in [-0.3, -0.25) is 4.79 Å². The van der Waals surface area contributed by atoms with Crippen LogP contribution in [0.15, 0.2) is 0 Å². The van der Waals surface area contributed by atoms with Gasteiger partial charge in [-0.15, -0.1) is 5.06 Å². The van der Waals surface area contributed by atoms with Crippen molar-refractivity contribution in [3.8, 4) is 0 Å². The van der Waals surface area contributed by atoms with Gasteiger partial charge in [0, 0.05) is 13.1 Å². The van der Waals surface area contributed by atoms with Crippen LogP contribution in [0.2, 0.25) is 0 Å². The quantitative estimate of drug-likeness (QED) is 0.748. The largest absolute Gasteiger partial charge is 0.492 e. The van der Waals surface area contributed by atoms with Gasteiger partial charge in [0.05, 0.1) is 5.92 Å². The molecule has 92 valence electrons. The van der Waals surface area contributed by atoms with Crippen molar-refractivity contribution in [3.63, 3.8) is 0 Å². The zero-order chi connectivity index (χ0) is 12.3. The summed E-state index contributed by atoms with van der Waals surface area (Å²) in [5, 5.41) is 0.828. The zero-order valence-electron chi connectivity index (χ0n) is 8.29. The molecule has 1 fully saturated rings. The number of alkyl halides is 3. The van der Waals surface area contributed by atoms with E-state index in [-0.39, 0.29) is 13.1 Å². The molecule has 0 radical (unpaired) electrons. The van der Waals surface area contributed by atoms with Crippen molar-refractivity contribution in [1.82, 2.24) is 5.06 Å². The van der Waals surface area contributed by atoms with Crippen molar-refractivity contribution in [2.75, 3.05) is 13.1 Å². The van der Waals surface area contributed by atoms with Crippen molar-refractivity contribution in [2.45, 2.75) is 19.0 Å². The van der Waals surface area contributed by atoms with E-state index in [1.807, 2.05) is 0 Å². The summed E-state index contributed by atoms with van der Waals surface area (Å²) in [6, 6.07) is 0. The number of carbonyl (C=O) groups excluding carboxylic acids is 2. The lowest BCUT2D eigenvalue weighted by atomic mass is 9.99. The van der Waals surface area contributed by atoms with Crippen LogP contribution in [-0.2, 0) is 14.4 Å². The number of piperidine rings is 1. The van der Waals surface area contributed by atoms with Gasteiger partial charge in [0.15, 0.2) is 0 Å². The fraction of sp³-hybridized carbons (Fsp3) is 0.750.